The number of aromatic hydroxyl groups is 1. The van der Waals surface area contributed by atoms with Crippen LogP contribution in [0, 0.1) is 25.7 Å². The predicted octanol–water partition coefficient (Wildman–Crippen LogP) is 2.18. The number of nitrogens with two attached hydrogens (primary N) is 1. The first-order valence-electron chi connectivity index (χ1n) is 6.18. The normalized spacial score (nSPS) is 12.6. The zero-order valence-corrected chi connectivity index (χ0v) is 11.4. The minimum absolute atomic E-state index is 0.0688. The Morgan fingerprint density at radius 1 is 1.33 bits per heavy atom. The van der Waals surface area contributed by atoms with Crippen LogP contribution < -0.4 is 11.1 Å². The van der Waals surface area contributed by atoms with Crippen LogP contribution in [0.1, 0.15) is 25.0 Å². The monoisotopic (exact) mass is 250 g/mol. The second-order valence-electron chi connectivity index (χ2n) is 5.03. The molecule has 1 rings (SSSR count). The van der Waals surface area contributed by atoms with Crippen molar-refractivity contribution in [2.45, 2.75) is 27.7 Å². The molecule has 0 aliphatic rings. The van der Waals surface area contributed by atoms with Crippen LogP contribution in [-0.2, 0) is 4.79 Å². The van der Waals surface area contributed by atoms with Gasteiger partial charge in [0.1, 0.15) is 5.75 Å². The molecule has 4 heteroatoms. The van der Waals surface area contributed by atoms with Gasteiger partial charge in [0.05, 0.1) is 5.92 Å². The standard InChI is InChI=1S/C14H22N2O2/c1-8(2)11(7-15)14(18)16-12-5-10(4)13(17)6-9(12)3/h5-6,8,11,17H,7,15H2,1-4H3,(H,16,18). The summed E-state index contributed by atoms with van der Waals surface area (Å²) >= 11 is 0. The van der Waals surface area contributed by atoms with Crippen molar-refractivity contribution in [3.8, 4) is 5.75 Å². The Hall–Kier alpha value is -1.55. The summed E-state index contributed by atoms with van der Waals surface area (Å²) in [4.78, 5) is 12.1. The summed E-state index contributed by atoms with van der Waals surface area (Å²) in [5.41, 5.74) is 7.93. The summed E-state index contributed by atoms with van der Waals surface area (Å²) in [7, 11) is 0. The number of carbonyl (C=O) groups is 1. The Labute approximate surface area is 108 Å². The minimum atomic E-state index is -0.196. The van der Waals surface area contributed by atoms with Crippen molar-refractivity contribution in [3.05, 3.63) is 23.3 Å². The van der Waals surface area contributed by atoms with Crippen molar-refractivity contribution in [3.63, 3.8) is 0 Å². The Bertz CT molecular complexity index is 442. The SMILES string of the molecule is Cc1cc(NC(=O)C(CN)C(C)C)c(C)cc1O. The van der Waals surface area contributed by atoms with E-state index in [0.29, 0.717) is 6.54 Å². The number of hydrogen-bond acceptors (Lipinski definition) is 3. The highest BCUT2D eigenvalue weighted by molar-refractivity contribution is 5.93. The van der Waals surface area contributed by atoms with E-state index in [1.165, 1.54) is 0 Å². The third-order valence-corrected chi connectivity index (χ3v) is 3.20. The Morgan fingerprint density at radius 2 is 1.94 bits per heavy atom. The van der Waals surface area contributed by atoms with E-state index in [2.05, 4.69) is 5.32 Å². The predicted molar refractivity (Wildman–Crippen MR) is 73.6 cm³/mol. The van der Waals surface area contributed by atoms with Gasteiger partial charge in [-0.15, -0.1) is 0 Å². The average molecular weight is 250 g/mol. The molecule has 0 heterocycles. The van der Waals surface area contributed by atoms with Crippen LogP contribution in [0.15, 0.2) is 12.1 Å². The maximum absolute atomic E-state index is 12.1. The number of rotatable bonds is 4. The molecule has 1 amide bonds. The van der Waals surface area contributed by atoms with Crippen LogP contribution >= 0.6 is 0 Å². The number of carbonyl (C=O) groups excluding carboxylic acids is 1. The third kappa shape index (κ3) is 3.23. The van der Waals surface area contributed by atoms with Crippen LogP contribution in [0.2, 0.25) is 0 Å². The van der Waals surface area contributed by atoms with Gasteiger partial charge in [0.2, 0.25) is 5.91 Å². The topological polar surface area (TPSA) is 75.4 Å². The van der Waals surface area contributed by atoms with Crippen molar-refractivity contribution in [2.75, 3.05) is 11.9 Å². The van der Waals surface area contributed by atoms with Crippen molar-refractivity contribution in [1.82, 2.24) is 0 Å². The summed E-state index contributed by atoms with van der Waals surface area (Å²) in [5.74, 6) is 0.178. The van der Waals surface area contributed by atoms with Crippen molar-refractivity contribution in [1.29, 1.82) is 0 Å². The van der Waals surface area contributed by atoms with Crippen LogP contribution in [-0.4, -0.2) is 17.6 Å². The van der Waals surface area contributed by atoms with Gasteiger partial charge in [0, 0.05) is 12.2 Å². The fraction of sp³-hybridized carbons (Fsp3) is 0.500. The van der Waals surface area contributed by atoms with E-state index in [4.69, 9.17) is 5.73 Å². The smallest absolute Gasteiger partial charge is 0.229 e. The molecule has 4 N–H and O–H groups in total. The van der Waals surface area contributed by atoms with Crippen LogP contribution in [0.3, 0.4) is 0 Å². The fourth-order valence-electron chi connectivity index (χ4n) is 1.84. The zero-order chi connectivity index (χ0) is 13.9. The lowest BCUT2D eigenvalue weighted by atomic mass is 9.95. The van der Waals surface area contributed by atoms with Crippen LogP contribution in [0.25, 0.3) is 0 Å². The van der Waals surface area contributed by atoms with E-state index in [9.17, 15) is 9.90 Å². The number of phenolic OH excluding ortho intramolecular Hbond substituents is 1. The number of benzene rings is 1. The van der Waals surface area contributed by atoms with E-state index in [-0.39, 0.29) is 23.5 Å². The van der Waals surface area contributed by atoms with Crippen LogP contribution in [0.4, 0.5) is 5.69 Å². The number of anilines is 1. The highest BCUT2D eigenvalue weighted by atomic mass is 16.3. The summed E-state index contributed by atoms with van der Waals surface area (Å²) < 4.78 is 0. The number of aryl methyl sites for hydroxylation is 2. The fourth-order valence-corrected chi connectivity index (χ4v) is 1.84. The molecule has 0 fully saturated rings. The molecular formula is C14H22N2O2. The Kier molecular flexibility index (Phi) is 4.73. The molecular weight excluding hydrogens is 228 g/mol. The lowest BCUT2D eigenvalue weighted by molar-refractivity contribution is -0.120. The summed E-state index contributed by atoms with van der Waals surface area (Å²) in [6.07, 6.45) is 0. The number of amides is 1. The molecule has 100 valence electrons. The average Bonchev–Trinajstić information content (AvgIpc) is 2.26. The summed E-state index contributed by atoms with van der Waals surface area (Å²) in [6.45, 7) is 7.94. The lowest BCUT2D eigenvalue weighted by Crippen LogP contribution is -2.33. The number of nitrogens with one attached hydrogen (secondary N) is 1. The van der Waals surface area contributed by atoms with Gasteiger partial charge < -0.3 is 16.2 Å². The molecule has 0 aliphatic heterocycles. The Morgan fingerprint density at radius 3 is 2.44 bits per heavy atom. The van der Waals surface area contributed by atoms with E-state index >= 15 is 0 Å². The van der Waals surface area contributed by atoms with Gasteiger partial charge in [-0.1, -0.05) is 13.8 Å². The molecule has 0 spiro atoms. The molecule has 0 bridgehead atoms. The van der Waals surface area contributed by atoms with E-state index in [1.54, 1.807) is 19.1 Å². The molecule has 0 aliphatic carbocycles. The van der Waals surface area contributed by atoms with Gasteiger partial charge in [-0.3, -0.25) is 4.79 Å². The first kappa shape index (κ1) is 14.5. The summed E-state index contributed by atoms with van der Waals surface area (Å²) in [5, 5.41) is 12.5. The third-order valence-electron chi connectivity index (χ3n) is 3.20. The summed E-state index contributed by atoms with van der Waals surface area (Å²) in [6, 6.07) is 3.42. The highest BCUT2D eigenvalue weighted by Crippen LogP contribution is 2.25. The maximum Gasteiger partial charge on any atom is 0.229 e. The molecule has 1 atom stereocenters. The first-order chi connectivity index (χ1) is 8.36. The number of phenols is 1. The molecule has 1 aromatic carbocycles. The molecule has 1 aromatic rings. The molecule has 4 nitrogen and oxygen atoms in total. The van der Waals surface area contributed by atoms with Gasteiger partial charge in [0.25, 0.3) is 0 Å². The highest BCUT2D eigenvalue weighted by Gasteiger charge is 2.21. The van der Waals surface area contributed by atoms with E-state index in [0.717, 1.165) is 16.8 Å². The van der Waals surface area contributed by atoms with Gasteiger partial charge in [-0.2, -0.15) is 0 Å². The molecule has 0 aromatic heterocycles. The maximum atomic E-state index is 12.1. The Balaban J connectivity index is 2.91. The van der Waals surface area contributed by atoms with Crippen LogP contribution in [0.5, 0.6) is 5.75 Å². The quantitative estimate of drug-likeness (QED) is 0.717. The van der Waals surface area contributed by atoms with E-state index in [1.807, 2.05) is 20.8 Å². The number of hydrogen-bond donors (Lipinski definition) is 3. The van der Waals surface area contributed by atoms with E-state index < -0.39 is 0 Å². The molecule has 0 saturated carbocycles. The largest absolute Gasteiger partial charge is 0.508 e. The first-order valence-corrected chi connectivity index (χ1v) is 6.18. The minimum Gasteiger partial charge on any atom is -0.508 e. The van der Waals surface area contributed by atoms with Gasteiger partial charge >= 0.3 is 0 Å². The zero-order valence-electron chi connectivity index (χ0n) is 11.4. The second-order valence-corrected chi connectivity index (χ2v) is 5.03. The van der Waals surface area contributed by atoms with Gasteiger partial charge in [-0.25, -0.2) is 0 Å². The molecule has 0 radical (unpaired) electrons. The molecule has 18 heavy (non-hydrogen) atoms. The van der Waals surface area contributed by atoms with Crippen molar-refractivity contribution < 1.29 is 9.90 Å². The second kappa shape index (κ2) is 5.87. The lowest BCUT2D eigenvalue weighted by Gasteiger charge is -2.19. The van der Waals surface area contributed by atoms with Gasteiger partial charge in [-0.05, 0) is 43.0 Å². The van der Waals surface area contributed by atoms with Gasteiger partial charge in [0.15, 0.2) is 0 Å². The van der Waals surface area contributed by atoms with Crippen molar-refractivity contribution >= 4 is 11.6 Å². The molecule has 1 unspecified atom stereocenters. The molecule has 0 saturated heterocycles. The van der Waals surface area contributed by atoms with Crippen molar-refractivity contribution in [2.24, 2.45) is 17.6 Å².